The molecular formula is C23H25N3O2. The van der Waals surface area contributed by atoms with Crippen LogP contribution in [0.1, 0.15) is 47.3 Å². The normalized spacial score (nSPS) is 17.0. The summed E-state index contributed by atoms with van der Waals surface area (Å²) in [6, 6.07) is 14.3. The first-order valence-electron chi connectivity index (χ1n) is 9.71. The van der Waals surface area contributed by atoms with Crippen LogP contribution in [0.5, 0.6) is 0 Å². The lowest BCUT2D eigenvalue weighted by molar-refractivity contribution is -0.126. The molecule has 0 radical (unpaired) electrons. The Morgan fingerprint density at radius 2 is 1.96 bits per heavy atom. The van der Waals surface area contributed by atoms with Crippen molar-refractivity contribution in [1.82, 2.24) is 14.6 Å². The summed E-state index contributed by atoms with van der Waals surface area (Å²) in [4.78, 5) is 14.7. The van der Waals surface area contributed by atoms with E-state index in [1.165, 1.54) is 0 Å². The first-order chi connectivity index (χ1) is 13.5. The van der Waals surface area contributed by atoms with E-state index in [-0.39, 0.29) is 11.9 Å². The fourth-order valence-electron chi connectivity index (χ4n) is 4.07. The van der Waals surface area contributed by atoms with Crippen LogP contribution in [-0.2, 0) is 4.79 Å². The molecule has 1 amide bonds. The van der Waals surface area contributed by atoms with E-state index in [1.54, 1.807) is 6.08 Å². The zero-order valence-corrected chi connectivity index (χ0v) is 16.6. The molecule has 3 aromatic rings. The standard InChI is InChI=1S/C23H25N3O2/c1-16-14-19(18(3)26(16)20-8-5-4-6-9-20)11-12-23(27)25-13-7-10-22(25)21-15-17(2)28-24-21/h4-6,8-9,11-12,14-15,22H,7,10,13H2,1-3H3. The minimum absolute atomic E-state index is 0.00588. The molecule has 5 heteroatoms. The Bertz CT molecular complexity index is 1010. The fraction of sp³-hybridized carbons (Fsp3) is 0.304. The third-order valence-electron chi connectivity index (χ3n) is 5.41. The van der Waals surface area contributed by atoms with E-state index in [2.05, 4.69) is 41.8 Å². The van der Waals surface area contributed by atoms with Crippen LogP contribution in [0.15, 0.2) is 53.1 Å². The Labute approximate surface area is 165 Å². The van der Waals surface area contributed by atoms with Crippen LogP contribution in [0.2, 0.25) is 0 Å². The Balaban J connectivity index is 1.55. The molecule has 144 valence electrons. The summed E-state index contributed by atoms with van der Waals surface area (Å²) in [5, 5.41) is 4.12. The number of likely N-dealkylation sites (tertiary alicyclic amines) is 1. The number of carbonyl (C=O) groups is 1. The van der Waals surface area contributed by atoms with Crippen molar-refractivity contribution in [2.24, 2.45) is 0 Å². The number of hydrogen-bond donors (Lipinski definition) is 0. The molecule has 1 aromatic carbocycles. The topological polar surface area (TPSA) is 51.3 Å². The van der Waals surface area contributed by atoms with Gasteiger partial charge in [-0.1, -0.05) is 23.4 Å². The number of nitrogens with zero attached hydrogens (tertiary/aromatic N) is 3. The maximum atomic E-state index is 12.9. The van der Waals surface area contributed by atoms with Crippen molar-refractivity contribution in [2.75, 3.05) is 6.54 Å². The number of aromatic nitrogens is 2. The zero-order valence-electron chi connectivity index (χ0n) is 16.6. The number of aryl methyl sites for hydroxylation is 2. The average molecular weight is 375 g/mol. The van der Waals surface area contributed by atoms with Gasteiger partial charge in [-0.2, -0.15) is 0 Å². The summed E-state index contributed by atoms with van der Waals surface area (Å²) >= 11 is 0. The number of benzene rings is 1. The molecule has 1 fully saturated rings. The Hall–Kier alpha value is -3.08. The van der Waals surface area contributed by atoms with Gasteiger partial charge in [-0.25, -0.2) is 0 Å². The molecule has 0 N–H and O–H groups in total. The van der Waals surface area contributed by atoms with E-state index in [0.717, 1.165) is 53.5 Å². The molecule has 0 aliphatic carbocycles. The van der Waals surface area contributed by atoms with E-state index >= 15 is 0 Å². The summed E-state index contributed by atoms with van der Waals surface area (Å²) in [5.41, 5.74) is 5.30. The monoisotopic (exact) mass is 375 g/mol. The predicted molar refractivity (Wildman–Crippen MR) is 109 cm³/mol. The number of hydrogen-bond acceptors (Lipinski definition) is 3. The average Bonchev–Trinajstić information content (AvgIpc) is 3.40. The van der Waals surface area contributed by atoms with Gasteiger partial charge in [0.2, 0.25) is 5.91 Å². The van der Waals surface area contributed by atoms with E-state index < -0.39 is 0 Å². The van der Waals surface area contributed by atoms with Crippen molar-refractivity contribution >= 4 is 12.0 Å². The van der Waals surface area contributed by atoms with Gasteiger partial charge in [-0.3, -0.25) is 4.79 Å². The summed E-state index contributed by atoms with van der Waals surface area (Å²) in [6.07, 6.45) is 5.52. The zero-order chi connectivity index (χ0) is 19.7. The van der Waals surface area contributed by atoms with Crippen LogP contribution < -0.4 is 0 Å². The second-order valence-electron chi connectivity index (χ2n) is 7.38. The lowest BCUT2D eigenvalue weighted by atomic mass is 10.1. The first kappa shape index (κ1) is 18.3. The molecule has 0 spiro atoms. The third-order valence-corrected chi connectivity index (χ3v) is 5.41. The van der Waals surface area contributed by atoms with Gasteiger partial charge in [0, 0.05) is 35.8 Å². The molecule has 3 heterocycles. The van der Waals surface area contributed by atoms with Crippen molar-refractivity contribution < 1.29 is 9.32 Å². The van der Waals surface area contributed by atoms with Crippen LogP contribution in [-0.4, -0.2) is 27.1 Å². The summed E-state index contributed by atoms with van der Waals surface area (Å²) in [5.74, 6) is 0.797. The predicted octanol–water partition coefficient (Wildman–Crippen LogP) is 4.77. The quantitative estimate of drug-likeness (QED) is 0.617. The lowest BCUT2D eigenvalue weighted by Crippen LogP contribution is -2.29. The maximum Gasteiger partial charge on any atom is 0.247 e. The van der Waals surface area contributed by atoms with Gasteiger partial charge in [0.1, 0.15) is 11.5 Å². The molecule has 1 aliphatic rings. The highest BCUT2D eigenvalue weighted by atomic mass is 16.5. The molecule has 1 atom stereocenters. The molecular weight excluding hydrogens is 350 g/mol. The van der Waals surface area contributed by atoms with Crippen LogP contribution in [0.25, 0.3) is 11.8 Å². The van der Waals surface area contributed by atoms with E-state index in [0.29, 0.717) is 0 Å². The van der Waals surface area contributed by atoms with E-state index in [9.17, 15) is 4.79 Å². The SMILES string of the molecule is Cc1cc(C2CCCN2C(=O)C=Cc2cc(C)n(-c3ccccc3)c2C)no1. The number of rotatable bonds is 4. The second kappa shape index (κ2) is 7.50. The molecule has 1 aliphatic heterocycles. The highest BCUT2D eigenvalue weighted by Crippen LogP contribution is 2.32. The largest absolute Gasteiger partial charge is 0.361 e. The van der Waals surface area contributed by atoms with Crippen molar-refractivity contribution in [3.63, 3.8) is 0 Å². The molecule has 5 nitrogen and oxygen atoms in total. The molecule has 0 bridgehead atoms. The number of para-hydroxylation sites is 1. The molecule has 1 saturated heterocycles. The second-order valence-corrected chi connectivity index (χ2v) is 7.38. The van der Waals surface area contributed by atoms with Crippen LogP contribution >= 0.6 is 0 Å². The Kier molecular flexibility index (Phi) is 4.90. The van der Waals surface area contributed by atoms with Gasteiger partial charge in [0.25, 0.3) is 0 Å². The Morgan fingerprint density at radius 3 is 2.68 bits per heavy atom. The number of amides is 1. The fourth-order valence-corrected chi connectivity index (χ4v) is 4.07. The minimum Gasteiger partial charge on any atom is -0.361 e. The van der Waals surface area contributed by atoms with Gasteiger partial charge in [0.15, 0.2) is 0 Å². The van der Waals surface area contributed by atoms with Crippen LogP contribution in [0.4, 0.5) is 0 Å². The molecule has 1 unspecified atom stereocenters. The Morgan fingerprint density at radius 1 is 1.18 bits per heavy atom. The summed E-state index contributed by atoms with van der Waals surface area (Å²) < 4.78 is 7.41. The van der Waals surface area contributed by atoms with Crippen molar-refractivity contribution in [3.8, 4) is 5.69 Å². The molecule has 4 rings (SSSR count). The molecule has 2 aromatic heterocycles. The van der Waals surface area contributed by atoms with E-state index in [4.69, 9.17) is 4.52 Å². The van der Waals surface area contributed by atoms with Gasteiger partial charge < -0.3 is 14.0 Å². The smallest absolute Gasteiger partial charge is 0.247 e. The summed E-state index contributed by atoms with van der Waals surface area (Å²) in [7, 11) is 0. The number of carbonyl (C=O) groups excluding carboxylic acids is 1. The maximum absolute atomic E-state index is 12.9. The highest BCUT2D eigenvalue weighted by molar-refractivity contribution is 5.92. The van der Waals surface area contributed by atoms with Crippen molar-refractivity contribution in [2.45, 2.75) is 39.7 Å². The third kappa shape index (κ3) is 3.40. The van der Waals surface area contributed by atoms with Crippen molar-refractivity contribution in [3.05, 3.63) is 76.9 Å². The molecule has 28 heavy (non-hydrogen) atoms. The highest BCUT2D eigenvalue weighted by Gasteiger charge is 2.31. The van der Waals surface area contributed by atoms with Crippen molar-refractivity contribution in [1.29, 1.82) is 0 Å². The van der Waals surface area contributed by atoms with E-state index in [1.807, 2.05) is 42.2 Å². The summed E-state index contributed by atoms with van der Waals surface area (Å²) in [6.45, 7) is 6.80. The van der Waals surface area contributed by atoms with Gasteiger partial charge >= 0.3 is 0 Å². The molecule has 0 saturated carbocycles. The lowest BCUT2D eigenvalue weighted by Gasteiger charge is -2.21. The van der Waals surface area contributed by atoms with Crippen LogP contribution in [0, 0.1) is 20.8 Å². The van der Waals surface area contributed by atoms with Gasteiger partial charge in [0.05, 0.1) is 6.04 Å². The minimum atomic E-state index is 0.00588. The van der Waals surface area contributed by atoms with Gasteiger partial charge in [-0.15, -0.1) is 0 Å². The first-order valence-corrected chi connectivity index (χ1v) is 9.71. The van der Waals surface area contributed by atoms with Gasteiger partial charge in [-0.05, 0) is 63.5 Å². The van der Waals surface area contributed by atoms with Crippen LogP contribution in [0.3, 0.4) is 0 Å².